The standard InChI is InChI=1S/C13H17F2N/c1-12(14,15)13(8-2-3-9-13)10-4-6-11(16)7-5-10/h4-7H,2-3,8-9,16H2,1H3. The SMILES string of the molecule is CC(F)(F)C1(c2ccc(N)cc2)CCCC1. The minimum atomic E-state index is -2.67. The lowest BCUT2D eigenvalue weighted by molar-refractivity contribution is -0.0599. The average molecular weight is 225 g/mol. The van der Waals surface area contributed by atoms with Crippen molar-refractivity contribution in [3.8, 4) is 0 Å². The second-order valence-corrected chi connectivity index (χ2v) is 4.80. The Morgan fingerprint density at radius 3 is 2.06 bits per heavy atom. The van der Waals surface area contributed by atoms with E-state index in [1.807, 2.05) is 0 Å². The van der Waals surface area contributed by atoms with Gasteiger partial charge in [-0.2, -0.15) is 0 Å². The van der Waals surface area contributed by atoms with Crippen LogP contribution in [0.25, 0.3) is 0 Å². The van der Waals surface area contributed by atoms with Crippen molar-refractivity contribution in [1.82, 2.24) is 0 Å². The number of nitrogens with two attached hydrogens (primary N) is 1. The van der Waals surface area contributed by atoms with E-state index in [0.29, 0.717) is 18.5 Å². The van der Waals surface area contributed by atoms with E-state index < -0.39 is 11.3 Å². The molecule has 0 unspecified atom stereocenters. The summed E-state index contributed by atoms with van der Waals surface area (Å²) in [6.07, 6.45) is 2.91. The maximum atomic E-state index is 13.8. The molecule has 0 bridgehead atoms. The van der Waals surface area contributed by atoms with Gasteiger partial charge in [0.2, 0.25) is 0 Å². The second-order valence-electron chi connectivity index (χ2n) is 4.80. The molecule has 0 heterocycles. The summed E-state index contributed by atoms with van der Waals surface area (Å²) in [6.45, 7) is 1.04. The Bertz CT molecular complexity index is 359. The molecule has 0 amide bonds. The molecule has 2 rings (SSSR count). The molecular weight excluding hydrogens is 208 g/mol. The number of halogens is 2. The van der Waals surface area contributed by atoms with Crippen LogP contribution in [0, 0.1) is 0 Å². The predicted octanol–water partition coefficient (Wildman–Crippen LogP) is 3.74. The molecule has 2 N–H and O–H groups in total. The van der Waals surface area contributed by atoms with Crippen LogP contribution >= 0.6 is 0 Å². The molecule has 1 fully saturated rings. The quantitative estimate of drug-likeness (QED) is 0.762. The minimum absolute atomic E-state index is 0.570. The van der Waals surface area contributed by atoms with Crippen molar-refractivity contribution in [3.05, 3.63) is 29.8 Å². The van der Waals surface area contributed by atoms with Crippen LogP contribution in [-0.2, 0) is 5.41 Å². The van der Waals surface area contributed by atoms with Crippen LogP contribution in [0.2, 0.25) is 0 Å². The zero-order valence-corrected chi connectivity index (χ0v) is 9.47. The Hall–Kier alpha value is -1.12. The highest BCUT2D eigenvalue weighted by atomic mass is 19.3. The summed E-state index contributed by atoms with van der Waals surface area (Å²) < 4.78 is 27.7. The molecule has 88 valence electrons. The first-order valence-corrected chi connectivity index (χ1v) is 5.70. The van der Waals surface area contributed by atoms with E-state index in [2.05, 4.69) is 0 Å². The topological polar surface area (TPSA) is 26.0 Å². The molecule has 0 radical (unpaired) electrons. The van der Waals surface area contributed by atoms with Crippen LogP contribution < -0.4 is 5.73 Å². The highest BCUT2D eigenvalue weighted by molar-refractivity contribution is 5.42. The molecular formula is C13H17F2N. The summed E-state index contributed by atoms with van der Waals surface area (Å²) in [7, 11) is 0. The number of alkyl halides is 2. The number of nitrogen functional groups attached to an aromatic ring is 1. The third-order valence-electron chi connectivity index (χ3n) is 3.76. The van der Waals surface area contributed by atoms with Crippen molar-refractivity contribution >= 4 is 5.69 Å². The fourth-order valence-electron chi connectivity index (χ4n) is 2.76. The van der Waals surface area contributed by atoms with Crippen LogP contribution in [0.15, 0.2) is 24.3 Å². The van der Waals surface area contributed by atoms with E-state index >= 15 is 0 Å². The molecule has 0 atom stereocenters. The summed E-state index contributed by atoms with van der Waals surface area (Å²) in [6, 6.07) is 6.92. The van der Waals surface area contributed by atoms with E-state index in [1.54, 1.807) is 24.3 Å². The number of hydrogen-bond acceptors (Lipinski definition) is 1. The van der Waals surface area contributed by atoms with Gasteiger partial charge in [-0.1, -0.05) is 25.0 Å². The van der Waals surface area contributed by atoms with Crippen molar-refractivity contribution in [2.24, 2.45) is 0 Å². The van der Waals surface area contributed by atoms with E-state index in [1.165, 1.54) is 0 Å². The fraction of sp³-hybridized carbons (Fsp3) is 0.538. The number of hydrogen-bond donors (Lipinski definition) is 1. The maximum Gasteiger partial charge on any atom is 0.254 e. The highest BCUT2D eigenvalue weighted by Gasteiger charge is 2.52. The van der Waals surface area contributed by atoms with Crippen molar-refractivity contribution in [2.75, 3.05) is 5.73 Å². The Morgan fingerprint density at radius 2 is 1.62 bits per heavy atom. The monoisotopic (exact) mass is 225 g/mol. The predicted molar refractivity (Wildman–Crippen MR) is 61.6 cm³/mol. The number of anilines is 1. The third-order valence-corrected chi connectivity index (χ3v) is 3.76. The molecule has 16 heavy (non-hydrogen) atoms. The molecule has 1 nitrogen and oxygen atoms in total. The van der Waals surface area contributed by atoms with Crippen LogP contribution in [0.4, 0.5) is 14.5 Å². The molecule has 0 saturated heterocycles. The zero-order valence-electron chi connectivity index (χ0n) is 9.47. The van der Waals surface area contributed by atoms with Gasteiger partial charge in [0.25, 0.3) is 5.92 Å². The lowest BCUT2D eigenvalue weighted by Crippen LogP contribution is -2.40. The summed E-state index contributed by atoms with van der Waals surface area (Å²) in [5.74, 6) is -2.67. The zero-order chi connectivity index (χ0) is 11.8. The molecule has 1 aromatic carbocycles. The molecule has 1 aromatic rings. The van der Waals surface area contributed by atoms with Crippen LogP contribution in [0.5, 0.6) is 0 Å². The Morgan fingerprint density at radius 1 is 1.12 bits per heavy atom. The van der Waals surface area contributed by atoms with Gasteiger partial charge < -0.3 is 5.73 Å². The van der Waals surface area contributed by atoms with Gasteiger partial charge in [0.15, 0.2) is 0 Å². The number of rotatable bonds is 2. The van der Waals surface area contributed by atoms with E-state index in [0.717, 1.165) is 25.3 Å². The Kier molecular flexibility index (Phi) is 2.64. The molecule has 3 heteroatoms. The average Bonchev–Trinajstić information content (AvgIpc) is 2.68. The van der Waals surface area contributed by atoms with Gasteiger partial charge in [-0.3, -0.25) is 0 Å². The molecule has 1 saturated carbocycles. The molecule has 0 spiro atoms. The van der Waals surface area contributed by atoms with Gasteiger partial charge in [0.1, 0.15) is 0 Å². The Labute approximate surface area is 94.7 Å². The van der Waals surface area contributed by atoms with Crippen molar-refractivity contribution in [3.63, 3.8) is 0 Å². The smallest absolute Gasteiger partial charge is 0.254 e. The van der Waals surface area contributed by atoms with Gasteiger partial charge in [0, 0.05) is 12.6 Å². The Balaban J connectivity index is 2.44. The summed E-state index contributed by atoms with van der Waals surface area (Å²) in [4.78, 5) is 0. The highest BCUT2D eigenvalue weighted by Crippen LogP contribution is 2.51. The van der Waals surface area contributed by atoms with E-state index in [-0.39, 0.29) is 0 Å². The first-order chi connectivity index (χ1) is 7.46. The van der Waals surface area contributed by atoms with Gasteiger partial charge in [-0.05, 0) is 30.5 Å². The maximum absolute atomic E-state index is 13.8. The largest absolute Gasteiger partial charge is 0.399 e. The lowest BCUT2D eigenvalue weighted by Gasteiger charge is -2.35. The van der Waals surface area contributed by atoms with Crippen LogP contribution in [0.3, 0.4) is 0 Å². The lowest BCUT2D eigenvalue weighted by atomic mass is 9.74. The fourth-order valence-corrected chi connectivity index (χ4v) is 2.76. The summed E-state index contributed by atoms with van der Waals surface area (Å²) in [5.41, 5.74) is 5.97. The number of benzene rings is 1. The van der Waals surface area contributed by atoms with Gasteiger partial charge in [-0.25, -0.2) is 8.78 Å². The van der Waals surface area contributed by atoms with Crippen LogP contribution in [-0.4, -0.2) is 5.92 Å². The minimum Gasteiger partial charge on any atom is -0.399 e. The van der Waals surface area contributed by atoms with Crippen LogP contribution in [0.1, 0.15) is 38.2 Å². The van der Waals surface area contributed by atoms with Gasteiger partial charge >= 0.3 is 0 Å². The van der Waals surface area contributed by atoms with Crippen molar-refractivity contribution in [1.29, 1.82) is 0 Å². The summed E-state index contributed by atoms with van der Waals surface area (Å²) >= 11 is 0. The second kappa shape index (κ2) is 3.72. The third kappa shape index (κ3) is 1.68. The summed E-state index contributed by atoms with van der Waals surface area (Å²) in [5, 5.41) is 0. The normalized spacial score (nSPS) is 19.9. The van der Waals surface area contributed by atoms with Crippen molar-refractivity contribution in [2.45, 2.75) is 43.9 Å². The van der Waals surface area contributed by atoms with Crippen molar-refractivity contribution < 1.29 is 8.78 Å². The molecule has 0 aromatic heterocycles. The van der Waals surface area contributed by atoms with E-state index in [4.69, 9.17) is 5.73 Å². The van der Waals surface area contributed by atoms with E-state index in [9.17, 15) is 8.78 Å². The first-order valence-electron chi connectivity index (χ1n) is 5.70. The molecule has 1 aliphatic carbocycles. The molecule has 0 aliphatic heterocycles. The molecule has 1 aliphatic rings. The van der Waals surface area contributed by atoms with Gasteiger partial charge in [-0.15, -0.1) is 0 Å². The van der Waals surface area contributed by atoms with Gasteiger partial charge in [0.05, 0.1) is 5.41 Å². The first kappa shape index (κ1) is 11.4.